The van der Waals surface area contributed by atoms with Gasteiger partial charge in [0.15, 0.2) is 0 Å². The fraction of sp³-hybridized carbons (Fsp3) is 0.389. The van der Waals surface area contributed by atoms with Gasteiger partial charge in [-0.2, -0.15) is 5.10 Å². The zero-order chi connectivity index (χ0) is 16.8. The van der Waals surface area contributed by atoms with Crippen LogP contribution in [0, 0.1) is 5.92 Å². The first kappa shape index (κ1) is 16.4. The van der Waals surface area contributed by atoms with E-state index < -0.39 is 0 Å². The van der Waals surface area contributed by atoms with Crippen LogP contribution in [0.2, 0.25) is 0 Å². The molecule has 0 aliphatic heterocycles. The number of hydrogen-bond acceptors (Lipinski definition) is 4. The molecule has 0 saturated heterocycles. The number of hydrogen-bond donors (Lipinski definition) is 2. The van der Waals surface area contributed by atoms with Crippen LogP contribution in [0.4, 0.5) is 5.69 Å². The molecule has 2 N–H and O–H groups in total. The van der Waals surface area contributed by atoms with E-state index in [1.165, 1.54) is 12.7 Å². The van der Waals surface area contributed by atoms with Gasteiger partial charge in [0, 0.05) is 5.69 Å². The zero-order valence-electron chi connectivity index (χ0n) is 13.9. The van der Waals surface area contributed by atoms with Crippen molar-refractivity contribution in [1.82, 2.24) is 20.1 Å². The number of nitrogens with one attached hydrogen (secondary N) is 2. The van der Waals surface area contributed by atoms with Crippen molar-refractivity contribution in [1.29, 1.82) is 0 Å². The first-order valence-corrected chi connectivity index (χ1v) is 8.36. The molecule has 1 heterocycles. The van der Waals surface area contributed by atoms with Crippen molar-refractivity contribution in [3.8, 4) is 5.69 Å². The highest BCUT2D eigenvalue weighted by atomic mass is 16.2. The Morgan fingerprint density at radius 1 is 1.33 bits per heavy atom. The van der Waals surface area contributed by atoms with Crippen molar-refractivity contribution in [3.63, 3.8) is 0 Å². The molecular weight excluding hydrogens is 302 g/mol. The van der Waals surface area contributed by atoms with Gasteiger partial charge in [-0.25, -0.2) is 9.67 Å². The summed E-state index contributed by atoms with van der Waals surface area (Å²) >= 11 is 0. The van der Waals surface area contributed by atoms with Crippen molar-refractivity contribution in [3.05, 3.63) is 49.1 Å². The molecule has 2 aromatic rings. The van der Waals surface area contributed by atoms with Crippen molar-refractivity contribution >= 4 is 11.6 Å². The summed E-state index contributed by atoms with van der Waals surface area (Å²) in [5.74, 6) is 0.613. The summed E-state index contributed by atoms with van der Waals surface area (Å²) in [6.45, 7) is 2.78. The smallest absolute Gasteiger partial charge is 0.241 e. The third kappa shape index (κ3) is 4.29. The Hall–Kier alpha value is -2.47. The number of amides is 1. The van der Waals surface area contributed by atoms with Crippen molar-refractivity contribution in [2.45, 2.75) is 32.2 Å². The van der Waals surface area contributed by atoms with E-state index in [0.717, 1.165) is 30.8 Å². The van der Waals surface area contributed by atoms with Crippen molar-refractivity contribution < 1.29 is 4.79 Å². The van der Waals surface area contributed by atoms with Gasteiger partial charge in [-0.1, -0.05) is 12.2 Å². The Kier molecular flexibility index (Phi) is 5.38. The second-order valence-electron chi connectivity index (χ2n) is 6.16. The second-order valence-corrected chi connectivity index (χ2v) is 6.16. The predicted octanol–water partition coefficient (Wildman–Crippen LogP) is 2.54. The van der Waals surface area contributed by atoms with E-state index in [4.69, 9.17) is 0 Å². The molecule has 1 aliphatic carbocycles. The van der Waals surface area contributed by atoms with Crippen LogP contribution in [0.3, 0.4) is 0 Å². The van der Waals surface area contributed by atoms with E-state index in [9.17, 15) is 4.79 Å². The SMILES string of the molecule is C[C@@H](NC[C@@H]1CC=CCC1)C(=O)Nc1ccc(-n2cncn2)cc1. The minimum absolute atomic E-state index is 0.0187. The fourth-order valence-corrected chi connectivity index (χ4v) is 2.77. The Bertz CT molecular complexity index is 678. The largest absolute Gasteiger partial charge is 0.325 e. The molecule has 0 unspecified atom stereocenters. The molecule has 0 bridgehead atoms. The summed E-state index contributed by atoms with van der Waals surface area (Å²) in [6.07, 6.45) is 11.0. The normalized spacial score (nSPS) is 18.3. The quantitative estimate of drug-likeness (QED) is 0.801. The van der Waals surface area contributed by atoms with Gasteiger partial charge in [0.05, 0.1) is 11.7 Å². The third-order valence-electron chi connectivity index (χ3n) is 4.30. The fourth-order valence-electron chi connectivity index (χ4n) is 2.77. The van der Waals surface area contributed by atoms with Gasteiger partial charge >= 0.3 is 0 Å². The van der Waals surface area contributed by atoms with Crippen LogP contribution in [0.5, 0.6) is 0 Å². The van der Waals surface area contributed by atoms with E-state index in [1.54, 1.807) is 11.0 Å². The molecule has 1 aromatic carbocycles. The molecule has 126 valence electrons. The minimum Gasteiger partial charge on any atom is -0.325 e. The van der Waals surface area contributed by atoms with Crippen LogP contribution in [0.15, 0.2) is 49.1 Å². The summed E-state index contributed by atoms with van der Waals surface area (Å²) in [5, 5.41) is 10.4. The molecule has 0 spiro atoms. The highest BCUT2D eigenvalue weighted by molar-refractivity contribution is 5.94. The maximum Gasteiger partial charge on any atom is 0.241 e. The Balaban J connectivity index is 1.49. The average Bonchev–Trinajstić information content (AvgIpc) is 3.16. The van der Waals surface area contributed by atoms with Gasteiger partial charge in [0.25, 0.3) is 0 Å². The van der Waals surface area contributed by atoms with E-state index in [-0.39, 0.29) is 11.9 Å². The lowest BCUT2D eigenvalue weighted by atomic mass is 9.94. The third-order valence-corrected chi connectivity index (χ3v) is 4.30. The summed E-state index contributed by atoms with van der Waals surface area (Å²) in [5.41, 5.74) is 1.68. The first-order valence-electron chi connectivity index (χ1n) is 8.36. The second kappa shape index (κ2) is 7.88. The molecule has 3 rings (SSSR count). The summed E-state index contributed by atoms with van der Waals surface area (Å²) in [7, 11) is 0. The molecule has 0 fully saturated rings. The van der Waals surface area contributed by atoms with E-state index in [1.807, 2.05) is 31.2 Å². The summed E-state index contributed by atoms with van der Waals surface area (Å²) < 4.78 is 1.68. The topological polar surface area (TPSA) is 71.8 Å². The molecule has 1 amide bonds. The number of allylic oxidation sites excluding steroid dienone is 2. The molecule has 24 heavy (non-hydrogen) atoms. The number of aromatic nitrogens is 3. The monoisotopic (exact) mass is 325 g/mol. The van der Waals surface area contributed by atoms with E-state index >= 15 is 0 Å². The highest BCUT2D eigenvalue weighted by Crippen LogP contribution is 2.17. The van der Waals surface area contributed by atoms with Gasteiger partial charge in [0.2, 0.25) is 5.91 Å². The lowest BCUT2D eigenvalue weighted by Gasteiger charge is -2.21. The molecule has 6 nitrogen and oxygen atoms in total. The first-order chi connectivity index (χ1) is 11.7. The van der Waals surface area contributed by atoms with Crippen LogP contribution < -0.4 is 10.6 Å². The molecule has 0 radical (unpaired) electrons. The average molecular weight is 325 g/mol. The van der Waals surface area contributed by atoms with Crippen molar-refractivity contribution in [2.24, 2.45) is 5.92 Å². The molecule has 0 saturated carbocycles. The predicted molar refractivity (Wildman–Crippen MR) is 93.9 cm³/mol. The van der Waals surface area contributed by atoms with Crippen LogP contribution in [0.25, 0.3) is 5.69 Å². The van der Waals surface area contributed by atoms with E-state index in [2.05, 4.69) is 32.9 Å². The number of rotatable bonds is 6. The minimum atomic E-state index is -0.217. The maximum absolute atomic E-state index is 12.3. The van der Waals surface area contributed by atoms with Crippen LogP contribution >= 0.6 is 0 Å². The Morgan fingerprint density at radius 3 is 2.83 bits per heavy atom. The number of carbonyl (C=O) groups is 1. The number of benzene rings is 1. The lowest BCUT2D eigenvalue weighted by Crippen LogP contribution is -2.40. The summed E-state index contributed by atoms with van der Waals surface area (Å²) in [6, 6.07) is 7.32. The standard InChI is InChI=1S/C18H23N5O/c1-14(20-11-15-5-3-2-4-6-15)18(24)22-16-7-9-17(10-8-16)23-13-19-12-21-23/h2-3,7-10,12-15,20H,4-6,11H2,1H3,(H,22,24)/t14-,15-/m1/s1. The van der Waals surface area contributed by atoms with Crippen LogP contribution in [-0.2, 0) is 4.79 Å². The molecule has 1 aliphatic rings. The molecule has 6 heteroatoms. The maximum atomic E-state index is 12.3. The number of carbonyl (C=O) groups excluding carboxylic acids is 1. The van der Waals surface area contributed by atoms with Crippen LogP contribution in [-0.4, -0.2) is 33.3 Å². The van der Waals surface area contributed by atoms with Gasteiger partial charge in [-0.15, -0.1) is 0 Å². The van der Waals surface area contributed by atoms with E-state index in [0.29, 0.717) is 5.92 Å². The molecular formula is C18H23N5O. The molecule has 2 atom stereocenters. The van der Waals surface area contributed by atoms with Gasteiger partial charge in [-0.3, -0.25) is 4.79 Å². The molecule has 1 aromatic heterocycles. The van der Waals surface area contributed by atoms with Gasteiger partial charge < -0.3 is 10.6 Å². The number of anilines is 1. The highest BCUT2D eigenvalue weighted by Gasteiger charge is 2.16. The number of nitrogens with zero attached hydrogens (tertiary/aromatic N) is 3. The van der Waals surface area contributed by atoms with Gasteiger partial charge in [0.1, 0.15) is 12.7 Å². The summed E-state index contributed by atoms with van der Waals surface area (Å²) in [4.78, 5) is 16.2. The van der Waals surface area contributed by atoms with Crippen molar-refractivity contribution in [2.75, 3.05) is 11.9 Å². The Morgan fingerprint density at radius 2 is 2.17 bits per heavy atom. The van der Waals surface area contributed by atoms with Crippen LogP contribution in [0.1, 0.15) is 26.2 Å². The lowest BCUT2D eigenvalue weighted by molar-refractivity contribution is -0.117. The Labute approximate surface area is 142 Å². The van der Waals surface area contributed by atoms with Gasteiger partial charge in [-0.05, 0) is 62.9 Å². The zero-order valence-corrected chi connectivity index (χ0v) is 13.9.